The van der Waals surface area contributed by atoms with Gasteiger partial charge in [0.05, 0.1) is 0 Å². The van der Waals surface area contributed by atoms with Crippen molar-refractivity contribution in [3.05, 3.63) is 64.4 Å². The summed E-state index contributed by atoms with van der Waals surface area (Å²) in [6.07, 6.45) is 3.69. The Morgan fingerprint density at radius 3 is 2.44 bits per heavy atom. The maximum Gasteiger partial charge on any atom is 0.0384 e. The van der Waals surface area contributed by atoms with Crippen LogP contribution in [0.1, 0.15) is 30.0 Å². The van der Waals surface area contributed by atoms with Crippen molar-refractivity contribution in [1.29, 1.82) is 0 Å². The Kier molecular flexibility index (Phi) is 4.50. The van der Waals surface area contributed by atoms with Gasteiger partial charge in [-0.3, -0.25) is 4.98 Å². The van der Waals surface area contributed by atoms with Crippen molar-refractivity contribution in [2.24, 2.45) is 0 Å². The molecular weight excluding hydrogens is 288 g/mol. The third kappa shape index (κ3) is 2.98. The predicted octanol–water partition coefficient (Wildman–Crippen LogP) is 3.91. The maximum atomic E-state index is 4.07. The summed E-state index contributed by atoms with van der Waals surface area (Å²) in [5, 5.41) is 3.40. The number of hydrogen-bond acceptors (Lipinski definition) is 2. The van der Waals surface area contributed by atoms with E-state index in [0.717, 1.165) is 4.47 Å². The Hall–Kier alpha value is -1.19. The van der Waals surface area contributed by atoms with E-state index in [-0.39, 0.29) is 0 Å². The highest BCUT2D eigenvalue weighted by molar-refractivity contribution is 9.10. The minimum atomic E-state index is 0.296. The van der Waals surface area contributed by atoms with Crippen molar-refractivity contribution in [3.8, 4) is 0 Å². The van der Waals surface area contributed by atoms with Gasteiger partial charge in [-0.25, -0.2) is 0 Å². The molecule has 0 saturated carbocycles. The number of nitrogens with one attached hydrogen (secondary N) is 1. The summed E-state index contributed by atoms with van der Waals surface area (Å²) in [7, 11) is 2.00. The summed E-state index contributed by atoms with van der Waals surface area (Å²) in [6, 6.07) is 12.9. The predicted molar refractivity (Wildman–Crippen MR) is 78.6 cm³/mol. The molecule has 18 heavy (non-hydrogen) atoms. The molecule has 0 radical (unpaired) electrons. The van der Waals surface area contributed by atoms with Crippen LogP contribution in [0.5, 0.6) is 0 Å². The minimum absolute atomic E-state index is 0.296. The van der Waals surface area contributed by atoms with Crippen LogP contribution in [0, 0.1) is 0 Å². The molecule has 0 spiro atoms. The van der Waals surface area contributed by atoms with Crippen molar-refractivity contribution in [3.63, 3.8) is 0 Å². The number of hydrogen-bond donors (Lipinski definition) is 1. The summed E-state index contributed by atoms with van der Waals surface area (Å²) in [6.45, 7) is 2.23. The average Bonchev–Trinajstić information content (AvgIpc) is 2.40. The lowest BCUT2D eigenvalue weighted by Gasteiger charge is -2.24. The number of nitrogens with zero attached hydrogens (tertiary/aromatic N) is 1. The van der Waals surface area contributed by atoms with E-state index in [1.165, 1.54) is 11.1 Å². The summed E-state index contributed by atoms with van der Waals surface area (Å²) in [5.41, 5.74) is 2.58. The molecule has 0 aliphatic rings. The Morgan fingerprint density at radius 1 is 1.11 bits per heavy atom. The third-order valence-electron chi connectivity index (χ3n) is 3.25. The Labute approximate surface area is 117 Å². The van der Waals surface area contributed by atoms with Gasteiger partial charge in [0.2, 0.25) is 0 Å². The van der Waals surface area contributed by atoms with Crippen LogP contribution in [-0.2, 0) is 0 Å². The van der Waals surface area contributed by atoms with E-state index in [0.29, 0.717) is 12.0 Å². The molecule has 2 atom stereocenters. The molecule has 0 fully saturated rings. The SMILES string of the molecule is CNC(c1cccc(Br)c1)C(C)c1ccncc1. The Balaban J connectivity index is 2.29. The largest absolute Gasteiger partial charge is 0.312 e. The van der Waals surface area contributed by atoms with Crippen LogP contribution in [0.3, 0.4) is 0 Å². The van der Waals surface area contributed by atoms with E-state index in [2.05, 4.69) is 63.5 Å². The molecule has 0 bridgehead atoms. The second-order valence-corrected chi connectivity index (χ2v) is 5.31. The van der Waals surface area contributed by atoms with Crippen molar-refractivity contribution >= 4 is 15.9 Å². The van der Waals surface area contributed by atoms with Crippen LogP contribution < -0.4 is 5.32 Å². The number of aromatic nitrogens is 1. The molecule has 1 heterocycles. The molecule has 0 aliphatic heterocycles. The molecule has 0 amide bonds. The fourth-order valence-electron chi connectivity index (χ4n) is 2.26. The second kappa shape index (κ2) is 6.12. The molecule has 2 aromatic rings. The van der Waals surface area contributed by atoms with Gasteiger partial charge < -0.3 is 5.32 Å². The molecule has 1 N–H and O–H groups in total. The van der Waals surface area contributed by atoms with E-state index in [1.54, 1.807) is 0 Å². The summed E-state index contributed by atoms with van der Waals surface area (Å²) in [4.78, 5) is 4.07. The zero-order valence-corrected chi connectivity index (χ0v) is 12.2. The zero-order chi connectivity index (χ0) is 13.0. The average molecular weight is 305 g/mol. The van der Waals surface area contributed by atoms with Crippen molar-refractivity contribution < 1.29 is 0 Å². The zero-order valence-electron chi connectivity index (χ0n) is 10.6. The first kappa shape index (κ1) is 13.2. The van der Waals surface area contributed by atoms with Gasteiger partial charge in [-0.1, -0.05) is 35.0 Å². The molecule has 0 saturated heterocycles. The van der Waals surface area contributed by atoms with Crippen molar-refractivity contribution in [1.82, 2.24) is 10.3 Å². The quantitative estimate of drug-likeness (QED) is 0.926. The Bertz CT molecular complexity index is 499. The number of benzene rings is 1. The van der Waals surface area contributed by atoms with Crippen LogP contribution in [0.2, 0.25) is 0 Å². The highest BCUT2D eigenvalue weighted by Gasteiger charge is 2.19. The van der Waals surface area contributed by atoms with E-state index >= 15 is 0 Å². The summed E-state index contributed by atoms with van der Waals surface area (Å²) in [5.74, 6) is 0.396. The van der Waals surface area contributed by atoms with Crippen LogP contribution in [-0.4, -0.2) is 12.0 Å². The normalized spacial score (nSPS) is 14.2. The first-order chi connectivity index (χ1) is 8.72. The second-order valence-electron chi connectivity index (χ2n) is 4.39. The molecule has 2 unspecified atom stereocenters. The van der Waals surface area contributed by atoms with Gasteiger partial charge in [0, 0.05) is 28.8 Å². The molecule has 3 heteroatoms. The number of rotatable bonds is 4. The van der Waals surface area contributed by atoms with Crippen molar-refractivity contribution in [2.45, 2.75) is 18.9 Å². The number of likely N-dealkylation sites (N-methyl/N-ethyl adjacent to an activating group) is 1. The Morgan fingerprint density at radius 2 is 1.83 bits per heavy atom. The third-order valence-corrected chi connectivity index (χ3v) is 3.74. The maximum absolute atomic E-state index is 4.07. The smallest absolute Gasteiger partial charge is 0.0384 e. The first-order valence-corrected chi connectivity index (χ1v) is 6.84. The van der Waals surface area contributed by atoms with Gasteiger partial charge >= 0.3 is 0 Å². The summed E-state index contributed by atoms with van der Waals surface area (Å²) < 4.78 is 1.11. The van der Waals surface area contributed by atoms with Gasteiger partial charge in [-0.15, -0.1) is 0 Å². The van der Waals surface area contributed by atoms with E-state index in [9.17, 15) is 0 Å². The lowest BCUT2D eigenvalue weighted by Crippen LogP contribution is -2.22. The highest BCUT2D eigenvalue weighted by Crippen LogP contribution is 2.31. The molecule has 94 valence electrons. The number of halogens is 1. The fraction of sp³-hybridized carbons (Fsp3) is 0.267. The van der Waals surface area contributed by atoms with Gasteiger partial charge in [0.15, 0.2) is 0 Å². The molecule has 0 aliphatic carbocycles. The van der Waals surface area contributed by atoms with E-state index < -0.39 is 0 Å². The van der Waals surface area contributed by atoms with E-state index in [4.69, 9.17) is 0 Å². The lowest BCUT2D eigenvalue weighted by atomic mass is 9.89. The van der Waals surface area contributed by atoms with Crippen LogP contribution in [0.4, 0.5) is 0 Å². The van der Waals surface area contributed by atoms with Crippen molar-refractivity contribution in [2.75, 3.05) is 7.05 Å². The lowest BCUT2D eigenvalue weighted by molar-refractivity contribution is 0.507. The molecule has 2 nitrogen and oxygen atoms in total. The minimum Gasteiger partial charge on any atom is -0.312 e. The van der Waals surface area contributed by atoms with Gasteiger partial charge in [0.25, 0.3) is 0 Å². The number of pyridine rings is 1. The summed E-state index contributed by atoms with van der Waals surface area (Å²) >= 11 is 3.53. The molecular formula is C15H17BrN2. The standard InChI is InChI=1S/C15H17BrN2/c1-11(12-6-8-18-9-7-12)15(17-2)13-4-3-5-14(16)10-13/h3-11,15,17H,1-2H3. The van der Waals surface area contributed by atoms with Crippen LogP contribution in [0.15, 0.2) is 53.3 Å². The monoisotopic (exact) mass is 304 g/mol. The van der Waals surface area contributed by atoms with Crippen LogP contribution in [0.25, 0.3) is 0 Å². The molecule has 1 aromatic carbocycles. The first-order valence-electron chi connectivity index (χ1n) is 6.05. The fourth-order valence-corrected chi connectivity index (χ4v) is 2.68. The van der Waals surface area contributed by atoms with Crippen LogP contribution >= 0.6 is 15.9 Å². The van der Waals surface area contributed by atoms with Gasteiger partial charge in [0.1, 0.15) is 0 Å². The van der Waals surface area contributed by atoms with Gasteiger partial charge in [-0.2, -0.15) is 0 Å². The van der Waals surface area contributed by atoms with Gasteiger partial charge in [-0.05, 0) is 42.4 Å². The topological polar surface area (TPSA) is 24.9 Å². The van der Waals surface area contributed by atoms with E-state index in [1.807, 2.05) is 25.5 Å². The highest BCUT2D eigenvalue weighted by atomic mass is 79.9. The molecule has 2 rings (SSSR count). The molecule has 1 aromatic heterocycles.